The Morgan fingerprint density at radius 3 is 2.75 bits per heavy atom. The molecule has 0 aromatic heterocycles. The molecule has 0 saturated heterocycles. The van der Waals surface area contributed by atoms with E-state index in [4.69, 9.17) is 9.47 Å². The van der Waals surface area contributed by atoms with E-state index in [0.717, 1.165) is 5.56 Å². The first-order valence-corrected chi connectivity index (χ1v) is 6.95. The minimum absolute atomic E-state index is 0.260. The van der Waals surface area contributed by atoms with Gasteiger partial charge in [-0.05, 0) is 33.3 Å². The number of para-hydroxylation sites is 1. The molecule has 0 radical (unpaired) electrons. The van der Waals surface area contributed by atoms with Crippen molar-refractivity contribution in [1.82, 2.24) is 0 Å². The lowest BCUT2D eigenvalue weighted by Crippen LogP contribution is -2.42. The molecule has 1 N–H and O–H groups in total. The summed E-state index contributed by atoms with van der Waals surface area (Å²) in [5.74, 6) is -0.123. The molecule has 110 valence electrons. The Balaban J connectivity index is 2.25. The van der Waals surface area contributed by atoms with Gasteiger partial charge in [-0.1, -0.05) is 18.2 Å². The summed E-state index contributed by atoms with van der Waals surface area (Å²) < 4.78 is 11.3. The molecular formula is C16H22O4. The van der Waals surface area contributed by atoms with Crippen LogP contribution in [0.3, 0.4) is 0 Å². The molecule has 1 aliphatic rings. The monoisotopic (exact) mass is 278 g/mol. The summed E-state index contributed by atoms with van der Waals surface area (Å²) in [5.41, 5.74) is -0.402. The number of ether oxygens (including phenoxy) is 2. The highest BCUT2D eigenvalue weighted by molar-refractivity contribution is 5.83. The van der Waals surface area contributed by atoms with E-state index in [1.54, 1.807) is 0 Å². The van der Waals surface area contributed by atoms with Crippen LogP contribution >= 0.6 is 0 Å². The molecular weight excluding hydrogens is 256 g/mol. The van der Waals surface area contributed by atoms with Gasteiger partial charge in [-0.15, -0.1) is 0 Å². The fourth-order valence-corrected chi connectivity index (χ4v) is 2.58. The third-order valence-corrected chi connectivity index (χ3v) is 3.66. The number of fused-ring (bicyclic) bond motifs is 1. The SMILES string of the molecule is CC(C)(C)OCCC1(C(=O)O)CCOc2ccccc21. The van der Waals surface area contributed by atoms with E-state index in [9.17, 15) is 9.90 Å². The van der Waals surface area contributed by atoms with Gasteiger partial charge in [0, 0.05) is 18.6 Å². The zero-order valence-electron chi connectivity index (χ0n) is 12.3. The summed E-state index contributed by atoms with van der Waals surface area (Å²) >= 11 is 0. The smallest absolute Gasteiger partial charge is 0.314 e. The van der Waals surface area contributed by atoms with Crippen LogP contribution in [-0.4, -0.2) is 29.9 Å². The molecule has 2 rings (SSSR count). The zero-order valence-corrected chi connectivity index (χ0v) is 12.3. The van der Waals surface area contributed by atoms with Crippen LogP contribution in [0.15, 0.2) is 24.3 Å². The summed E-state index contributed by atoms with van der Waals surface area (Å²) in [6, 6.07) is 7.40. The van der Waals surface area contributed by atoms with Gasteiger partial charge in [-0.3, -0.25) is 4.79 Å². The average Bonchev–Trinajstić information content (AvgIpc) is 2.37. The fraction of sp³-hybridized carbons (Fsp3) is 0.562. The van der Waals surface area contributed by atoms with Crippen LogP contribution in [0, 0.1) is 0 Å². The number of benzene rings is 1. The highest BCUT2D eigenvalue weighted by Crippen LogP contribution is 2.41. The molecule has 0 saturated carbocycles. The molecule has 0 aliphatic carbocycles. The second-order valence-electron chi connectivity index (χ2n) is 6.19. The largest absolute Gasteiger partial charge is 0.493 e. The first kappa shape index (κ1) is 14.9. The van der Waals surface area contributed by atoms with Crippen LogP contribution in [0.1, 0.15) is 39.2 Å². The molecule has 0 spiro atoms. The van der Waals surface area contributed by atoms with Crippen LogP contribution in [0.2, 0.25) is 0 Å². The van der Waals surface area contributed by atoms with Crippen molar-refractivity contribution >= 4 is 5.97 Å². The number of hydrogen-bond acceptors (Lipinski definition) is 3. The van der Waals surface area contributed by atoms with Crippen molar-refractivity contribution in [3.63, 3.8) is 0 Å². The Hall–Kier alpha value is -1.55. The zero-order chi connectivity index (χ0) is 14.8. The Morgan fingerprint density at radius 2 is 2.10 bits per heavy atom. The average molecular weight is 278 g/mol. The molecule has 0 bridgehead atoms. The molecule has 1 aromatic rings. The molecule has 1 heterocycles. The predicted molar refractivity (Wildman–Crippen MR) is 76.2 cm³/mol. The summed E-state index contributed by atoms with van der Waals surface area (Å²) in [6.07, 6.45) is 0.937. The van der Waals surface area contributed by atoms with E-state index in [1.807, 2.05) is 45.0 Å². The first-order valence-electron chi connectivity index (χ1n) is 6.95. The standard InChI is InChI=1S/C16H22O4/c1-15(2,3)20-11-9-16(14(17)18)8-10-19-13-7-5-4-6-12(13)16/h4-7H,8-11H2,1-3H3,(H,17,18). The van der Waals surface area contributed by atoms with Crippen molar-refractivity contribution in [1.29, 1.82) is 0 Å². The van der Waals surface area contributed by atoms with E-state index in [1.165, 1.54) is 0 Å². The Kier molecular flexibility index (Phi) is 4.04. The van der Waals surface area contributed by atoms with Crippen molar-refractivity contribution in [2.75, 3.05) is 13.2 Å². The van der Waals surface area contributed by atoms with Crippen LogP contribution in [0.25, 0.3) is 0 Å². The number of carboxylic acids is 1. The Labute approximate surface area is 119 Å². The van der Waals surface area contributed by atoms with Crippen molar-refractivity contribution in [2.45, 2.75) is 44.6 Å². The third kappa shape index (κ3) is 2.96. The summed E-state index contributed by atoms with van der Waals surface area (Å²) in [6.45, 7) is 6.76. The number of carbonyl (C=O) groups is 1. The minimum Gasteiger partial charge on any atom is -0.493 e. The van der Waals surface area contributed by atoms with Gasteiger partial charge in [0.1, 0.15) is 11.2 Å². The van der Waals surface area contributed by atoms with Gasteiger partial charge in [0.15, 0.2) is 0 Å². The van der Waals surface area contributed by atoms with Crippen molar-refractivity contribution < 1.29 is 19.4 Å². The fourth-order valence-electron chi connectivity index (χ4n) is 2.58. The first-order chi connectivity index (χ1) is 9.35. The summed E-state index contributed by atoms with van der Waals surface area (Å²) in [5, 5.41) is 9.75. The van der Waals surface area contributed by atoms with Crippen LogP contribution in [0.4, 0.5) is 0 Å². The maximum atomic E-state index is 11.9. The van der Waals surface area contributed by atoms with Crippen molar-refractivity contribution in [3.05, 3.63) is 29.8 Å². The highest BCUT2D eigenvalue weighted by atomic mass is 16.5. The minimum atomic E-state index is -0.903. The van der Waals surface area contributed by atoms with Gasteiger partial charge in [-0.2, -0.15) is 0 Å². The van der Waals surface area contributed by atoms with Gasteiger partial charge < -0.3 is 14.6 Å². The molecule has 1 atom stereocenters. The topological polar surface area (TPSA) is 55.8 Å². The number of rotatable bonds is 4. The molecule has 0 fully saturated rings. The van der Waals surface area contributed by atoms with E-state index in [2.05, 4.69) is 0 Å². The molecule has 0 amide bonds. The lowest BCUT2D eigenvalue weighted by molar-refractivity contribution is -0.146. The quantitative estimate of drug-likeness (QED) is 0.920. The number of hydrogen-bond donors (Lipinski definition) is 1. The highest BCUT2D eigenvalue weighted by Gasteiger charge is 2.44. The van der Waals surface area contributed by atoms with E-state index in [0.29, 0.717) is 31.8 Å². The van der Waals surface area contributed by atoms with E-state index < -0.39 is 11.4 Å². The Bertz CT molecular complexity index is 489. The second kappa shape index (κ2) is 5.44. The lowest BCUT2D eigenvalue weighted by Gasteiger charge is -2.36. The maximum Gasteiger partial charge on any atom is 0.314 e. The molecule has 4 nitrogen and oxygen atoms in total. The van der Waals surface area contributed by atoms with Crippen LogP contribution in [0.5, 0.6) is 5.75 Å². The van der Waals surface area contributed by atoms with Gasteiger partial charge in [0.25, 0.3) is 0 Å². The Morgan fingerprint density at radius 1 is 1.40 bits per heavy atom. The van der Waals surface area contributed by atoms with Gasteiger partial charge in [0.05, 0.1) is 12.2 Å². The van der Waals surface area contributed by atoms with Crippen molar-refractivity contribution in [2.24, 2.45) is 0 Å². The molecule has 20 heavy (non-hydrogen) atoms. The number of aliphatic carboxylic acids is 1. The normalized spacial score (nSPS) is 21.9. The van der Waals surface area contributed by atoms with Crippen LogP contribution < -0.4 is 4.74 Å². The van der Waals surface area contributed by atoms with Crippen molar-refractivity contribution in [3.8, 4) is 5.75 Å². The van der Waals surface area contributed by atoms with E-state index >= 15 is 0 Å². The molecule has 1 aromatic carbocycles. The van der Waals surface area contributed by atoms with Gasteiger partial charge >= 0.3 is 5.97 Å². The summed E-state index contributed by atoms with van der Waals surface area (Å²) in [4.78, 5) is 11.9. The van der Waals surface area contributed by atoms with E-state index in [-0.39, 0.29) is 5.60 Å². The number of carboxylic acid groups (broad SMARTS) is 1. The molecule has 1 aliphatic heterocycles. The predicted octanol–water partition coefficient (Wildman–Crippen LogP) is 3.00. The molecule has 1 unspecified atom stereocenters. The second-order valence-corrected chi connectivity index (χ2v) is 6.19. The van der Waals surface area contributed by atoms with Crippen LogP contribution in [-0.2, 0) is 14.9 Å². The molecule has 4 heteroatoms. The van der Waals surface area contributed by atoms with Gasteiger partial charge in [-0.25, -0.2) is 0 Å². The third-order valence-electron chi connectivity index (χ3n) is 3.66. The van der Waals surface area contributed by atoms with Gasteiger partial charge in [0.2, 0.25) is 0 Å². The lowest BCUT2D eigenvalue weighted by atomic mass is 9.73. The summed E-state index contributed by atoms with van der Waals surface area (Å²) in [7, 11) is 0. The maximum absolute atomic E-state index is 11.9.